The lowest BCUT2D eigenvalue weighted by Crippen LogP contribution is -2.85. The van der Waals surface area contributed by atoms with E-state index in [4.69, 9.17) is 0 Å². The van der Waals surface area contributed by atoms with Gasteiger partial charge in [-0.05, 0) is 12.8 Å². The normalized spacial score (nSPS) is 37.4. The predicted molar refractivity (Wildman–Crippen MR) is 77.6 cm³/mol. The molecule has 26 heavy (non-hydrogen) atoms. The summed E-state index contributed by atoms with van der Waals surface area (Å²) in [4.78, 5) is 0. The highest BCUT2D eigenvalue weighted by Crippen LogP contribution is 2.72. The molecule has 0 heterocycles. The lowest BCUT2D eigenvalue weighted by atomic mass is 9.64. The summed E-state index contributed by atoms with van der Waals surface area (Å²) in [5.74, 6) is -37.2. The van der Waals surface area contributed by atoms with Crippen molar-refractivity contribution in [1.29, 1.82) is 0 Å². The van der Waals surface area contributed by atoms with Gasteiger partial charge in [0.15, 0.2) is 0 Å². The van der Waals surface area contributed by atoms with Crippen LogP contribution in [0, 0.1) is 5.92 Å². The largest absolute Gasteiger partial charge is 0.384 e. The van der Waals surface area contributed by atoms with E-state index in [2.05, 4.69) is 0 Å². The zero-order valence-corrected chi connectivity index (χ0v) is 15.1. The lowest BCUT2D eigenvalue weighted by Gasteiger charge is -2.55. The van der Waals surface area contributed by atoms with Crippen LogP contribution in [-0.4, -0.2) is 39.2 Å². The average Bonchev–Trinajstić information content (AvgIpc) is 2.48. The molecule has 154 valence electrons. The van der Waals surface area contributed by atoms with Crippen LogP contribution in [0.15, 0.2) is 0 Å². The van der Waals surface area contributed by atoms with Crippen LogP contribution in [0.4, 0.5) is 48.3 Å². The van der Waals surface area contributed by atoms with Gasteiger partial charge in [0.2, 0.25) is 0 Å². The summed E-state index contributed by atoms with van der Waals surface area (Å²) >= 11 is 1.26. The molecule has 0 nitrogen and oxygen atoms in total. The molecular weight excluding hydrogens is 504 g/mol. The molecule has 2 aliphatic carbocycles. The molecule has 12 heteroatoms. The fourth-order valence-electron chi connectivity index (χ4n) is 3.60. The van der Waals surface area contributed by atoms with Crippen molar-refractivity contribution in [2.45, 2.75) is 77.7 Å². The summed E-state index contributed by atoms with van der Waals surface area (Å²) in [5, 5.41) is 0. The first-order valence-electron chi connectivity index (χ1n) is 7.74. The highest BCUT2D eigenvalue weighted by molar-refractivity contribution is 14.1. The summed E-state index contributed by atoms with van der Waals surface area (Å²) in [5.41, 5.74) is -5.84. The number of rotatable bonds is 1. The van der Waals surface area contributed by atoms with Crippen LogP contribution in [0.1, 0.15) is 38.5 Å². The Morgan fingerprint density at radius 1 is 0.500 bits per heavy atom. The van der Waals surface area contributed by atoms with Gasteiger partial charge >= 0.3 is 29.6 Å². The van der Waals surface area contributed by atoms with Crippen LogP contribution in [0.25, 0.3) is 0 Å². The van der Waals surface area contributed by atoms with Gasteiger partial charge in [-0.1, -0.05) is 48.3 Å². The Kier molecular flexibility index (Phi) is 5.33. The van der Waals surface area contributed by atoms with Gasteiger partial charge < -0.3 is 0 Å². The first kappa shape index (κ1) is 22.3. The van der Waals surface area contributed by atoms with E-state index in [-0.39, 0.29) is 25.7 Å². The number of hydrogen-bond donors (Lipinski definition) is 0. The molecule has 0 radical (unpaired) electrons. The van der Waals surface area contributed by atoms with Gasteiger partial charge in [-0.15, -0.1) is 0 Å². The van der Waals surface area contributed by atoms with Crippen molar-refractivity contribution in [1.82, 2.24) is 0 Å². The Morgan fingerprint density at radius 3 is 1.27 bits per heavy atom. The van der Waals surface area contributed by atoms with E-state index in [0.29, 0.717) is 6.42 Å². The highest BCUT2D eigenvalue weighted by Gasteiger charge is 3.01. The molecule has 2 fully saturated rings. The molecular formula is C14H14F11I. The lowest BCUT2D eigenvalue weighted by molar-refractivity contribution is -0.491. The summed E-state index contributed by atoms with van der Waals surface area (Å²) < 4.78 is 151. The maximum absolute atomic E-state index is 15.1. The van der Waals surface area contributed by atoms with E-state index in [1.807, 2.05) is 0 Å². The minimum absolute atomic E-state index is 0.157. The standard InChI is InChI=1S/C14H14F11I/c15-9(7-5-3-1-2-4-6-8(7)26)10(16,17)12(20,21)14(24,25)13(22,23)11(9,18)19/h7-8H,1-6H2. The van der Waals surface area contributed by atoms with Gasteiger partial charge in [0, 0.05) is 9.84 Å². The molecule has 0 saturated heterocycles. The molecule has 0 bridgehead atoms. The second-order valence-electron chi connectivity index (χ2n) is 6.70. The summed E-state index contributed by atoms with van der Waals surface area (Å²) in [7, 11) is 0. The topological polar surface area (TPSA) is 0 Å². The zero-order chi connectivity index (χ0) is 20.4. The molecule has 0 aromatic rings. The van der Waals surface area contributed by atoms with Crippen LogP contribution < -0.4 is 0 Å². The van der Waals surface area contributed by atoms with Gasteiger partial charge in [-0.25, -0.2) is 4.39 Å². The summed E-state index contributed by atoms with van der Waals surface area (Å²) in [6, 6.07) is 0. The number of alkyl halides is 12. The average molecular weight is 518 g/mol. The van der Waals surface area contributed by atoms with Crippen molar-refractivity contribution >= 4 is 22.6 Å². The van der Waals surface area contributed by atoms with Gasteiger partial charge in [-0.3, -0.25) is 0 Å². The van der Waals surface area contributed by atoms with Gasteiger partial charge in [-0.2, -0.15) is 43.9 Å². The summed E-state index contributed by atoms with van der Waals surface area (Å²) in [6.45, 7) is 0. The zero-order valence-electron chi connectivity index (χ0n) is 12.9. The van der Waals surface area contributed by atoms with Crippen molar-refractivity contribution in [3.05, 3.63) is 0 Å². The van der Waals surface area contributed by atoms with Crippen molar-refractivity contribution < 1.29 is 48.3 Å². The van der Waals surface area contributed by atoms with Crippen LogP contribution in [0.3, 0.4) is 0 Å². The fraction of sp³-hybridized carbons (Fsp3) is 1.00. The fourth-order valence-corrected chi connectivity index (χ4v) is 4.89. The quantitative estimate of drug-likeness (QED) is 0.207. The molecule has 0 N–H and O–H groups in total. The third-order valence-electron chi connectivity index (χ3n) is 5.18. The smallest absolute Gasteiger partial charge is 0.230 e. The SMILES string of the molecule is FC1(F)C(F)(F)C(F)(F)C(F)(C2CCCCCCC2I)C(F)(F)C1(F)F. The van der Waals surface area contributed by atoms with Gasteiger partial charge in [0.05, 0.1) is 0 Å². The molecule has 2 atom stereocenters. The number of hydrogen-bond acceptors (Lipinski definition) is 0. The number of halogens is 12. The van der Waals surface area contributed by atoms with E-state index >= 15 is 4.39 Å². The molecule has 2 unspecified atom stereocenters. The minimum atomic E-state index is -7.13. The van der Waals surface area contributed by atoms with Gasteiger partial charge in [0.1, 0.15) is 0 Å². The van der Waals surface area contributed by atoms with E-state index < -0.39 is 51.5 Å². The Bertz CT molecular complexity index is 515. The maximum atomic E-state index is 15.1. The molecule has 2 aliphatic rings. The summed E-state index contributed by atoms with van der Waals surface area (Å²) in [6.07, 6.45) is -0.113. The first-order valence-corrected chi connectivity index (χ1v) is 8.98. The Balaban J connectivity index is 2.74. The monoisotopic (exact) mass is 518 g/mol. The highest BCUT2D eigenvalue weighted by atomic mass is 127. The van der Waals surface area contributed by atoms with Crippen LogP contribution in [0.2, 0.25) is 0 Å². The first-order chi connectivity index (χ1) is 11.5. The Morgan fingerprint density at radius 2 is 0.846 bits per heavy atom. The molecule has 0 amide bonds. The van der Waals surface area contributed by atoms with Crippen molar-refractivity contribution in [2.24, 2.45) is 5.92 Å². The van der Waals surface area contributed by atoms with E-state index in [1.54, 1.807) is 0 Å². The van der Waals surface area contributed by atoms with Crippen molar-refractivity contribution in [3.63, 3.8) is 0 Å². The van der Waals surface area contributed by atoms with E-state index in [9.17, 15) is 43.9 Å². The van der Waals surface area contributed by atoms with Gasteiger partial charge in [0.25, 0.3) is 5.67 Å². The molecule has 2 rings (SSSR count). The van der Waals surface area contributed by atoms with Crippen LogP contribution >= 0.6 is 22.6 Å². The predicted octanol–water partition coefficient (Wildman–Crippen LogP) is 6.66. The second-order valence-corrected chi connectivity index (χ2v) is 8.30. The molecule has 0 aromatic carbocycles. The molecule has 2 saturated carbocycles. The molecule has 0 aliphatic heterocycles. The molecule has 0 spiro atoms. The van der Waals surface area contributed by atoms with Crippen molar-refractivity contribution in [3.8, 4) is 0 Å². The van der Waals surface area contributed by atoms with E-state index in [1.165, 1.54) is 22.6 Å². The van der Waals surface area contributed by atoms with Crippen LogP contribution in [-0.2, 0) is 0 Å². The second kappa shape index (κ2) is 6.23. The Hall–Kier alpha value is -0.0400. The third-order valence-corrected chi connectivity index (χ3v) is 6.67. The molecule has 0 aromatic heterocycles. The van der Waals surface area contributed by atoms with E-state index in [0.717, 1.165) is 0 Å². The third kappa shape index (κ3) is 2.37. The minimum Gasteiger partial charge on any atom is -0.230 e. The maximum Gasteiger partial charge on any atom is 0.384 e. The van der Waals surface area contributed by atoms with Crippen LogP contribution in [0.5, 0.6) is 0 Å². The Labute approximate surface area is 155 Å². The van der Waals surface area contributed by atoms with Crippen molar-refractivity contribution in [2.75, 3.05) is 0 Å².